The molecule has 1 aromatic rings. The van der Waals surface area contributed by atoms with Crippen molar-refractivity contribution in [3.8, 4) is 5.19 Å². The van der Waals surface area contributed by atoms with Crippen LogP contribution >= 0.6 is 11.3 Å². The smallest absolute Gasteiger partial charge is 0.294 e. The van der Waals surface area contributed by atoms with Crippen molar-refractivity contribution in [2.75, 3.05) is 19.7 Å². The molecule has 0 spiro atoms. The van der Waals surface area contributed by atoms with E-state index in [9.17, 15) is 0 Å². The van der Waals surface area contributed by atoms with Crippen molar-refractivity contribution in [3.05, 3.63) is 5.01 Å². The summed E-state index contributed by atoms with van der Waals surface area (Å²) in [6.07, 6.45) is 0. The molecular formula is C7H13N3OS. The normalized spacial score (nSPS) is 10.2. The zero-order valence-electron chi connectivity index (χ0n) is 7.33. The molecule has 0 atom stereocenters. The molecule has 0 unspecified atom stereocenters. The molecule has 0 aliphatic rings. The molecule has 0 aromatic carbocycles. The molecular weight excluding hydrogens is 174 g/mol. The zero-order chi connectivity index (χ0) is 8.81. The van der Waals surface area contributed by atoms with Gasteiger partial charge in [0, 0.05) is 6.54 Å². The fraction of sp³-hybridized carbons (Fsp3) is 0.714. The summed E-state index contributed by atoms with van der Waals surface area (Å²) in [4.78, 5) is 0. The Morgan fingerprint density at radius 3 is 2.92 bits per heavy atom. The second kappa shape index (κ2) is 5.05. The van der Waals surface area contributed by atoms with Crippen molar-refractivity contribution in [3.63, 3.8) is 0 Å². The topological polar surface area (TPSA) is 47.0 Å². The summed E-state index contributed by atoms with van der Waals surface area (Å²) >= 11 is 1.47. The number of rotatable bonds is 5. The van der Waals surface area contributed by atoms with Crippen LogP contribution in [0.1, 0.15) is 11.9 Å². The number of aryl methyl sites for hydroxylation is 1. The Hall–Kier alpha value is -0.680. The van der Waals surface area contributed by atoms with Crippen molar-refractivity contribution < 1.29 is 4.74 Å². The largest absolute Gasteiger partial charge is 0.468 e. The van der Waals surface area contributed by atoms with E-state index >= 15 is 0 Å². The number of hydrogen-bond donors (Lipinski definition) is 1. The molecule has 1 rings (SSSR count). The fourth-order valence-corrected chi connectivity index (χ4v) is 1.28. The summed E-state index contributed by atoms with van der Waals surface area (Å²) in [5.74, 6) is 0. The molecule has 1 aromatic heterocycles. The van der Waals surface area contributed by atoms with E-state index in [2.05, 4.69) is 22.4 Å². The third-order valence-corrected chi connectivity index (χ3v) is 2.01. The van der Waals surface area contributed by atoms with Gasteiger partial charge in [0.15, 0.2) is 0 Å². The van der Waals surface area contributed by atoms with Gasteiger partial charge in [-0.05, 0) is 13.5 Å². The Balaban J connectivity index is 2.15. The van der Waals surface area contributed by atoms with Gasteiger partial charge in [-0.2, -0.15) is 0 Å². The molecule has 0 radical (unpaired) electrons. The quantitative estimate of drug-likeness (QED) is 0.694. The highest BCUT2D eigenvalue weighted by atomic mass is 32.1. The van der Waals surface area contributed by atoms with Crippen molar-refractivity contribution in [2.24, 2.45) is 0 Å². The molecule has 0 saturated carbocycles. The summed E-state index contributed by atoms with van der Waals surface area (Å²) in [7, 11) is 0. The highest BCUT2D eigenvalue weighted by Gasteiger charge is 1.99. The third kappa shape index (κ3) is 3.15. The van der Waals surface area contributed by atoms with E-state index < -0.39 is 0 Å². The van der Waals surface area contributed by atoms with Crippen LogP contribution in [0.15, 0.2) is 0 Å². The Labute approximate surface area is 76.0 Å². The van der Waals surface area contributed by atoms with Crippen LogP contribution < -0.4 is 10.1 Å². The molecule has 12 heavy (non-hydrogen) atoms. The molecule has 0 fully saturated rings. The highest BCUT2D eigenvalue weighted by Crippen LogP contribution is 2.15. The van der Waals surface area contributed by atoms with Gasteiger partial charge in [-0.3, -0.25) is 0 Å². The van der Waals surface area contributed by atoms with Gasteiger partial charge in [-0.25, -0.2) is 0 Å². The van der Waals surface area contributed by atoms with Gasteiger partial charge in [0.1, 0.15) is 11.6 Å². The average molecular weight is 187 g/mol. The maximum atomic E-state index is 5.31. The molecule has 0 saturated heterocycles. The molecule has 68 valence electrons. The first kappa shape index (κ1) is 9.41. The first-order valence-corrected chi connectivity index (χ1v) is 4.78. The highest BCUT2D eigenvalue weighted by molar-refractivity contribution is 7.12. The van der Waals surface area contributed by atoms with Crippen LogP contribution in [0.5, 0.6) is 5.19 Å². The van der Waals surface area contributed by atoms with E-state index in [1.165, 1.54) is 11.3 Å². The van der Waals surface area contributed by atoms with Gasteiger partial charge in [0.25, 0.3) is 5.19 Å². The van der Waals surface area contributed by atoms with Gasteiger partial charge in [0.05, 0.1) is 0 Å². The van der Waals surface area contributed by atoms with Crippen molar-refractivity contribution in [1.82, 2.24) is 15.5 Å². The van der Waals surface area contributed by atoms with Crippen molar-refractivity contribution in [2.45, 2.75) is 13.8 Å². The number of hydrogen-bond acceptors (Lipinski definition) is 5. The number of ether oxygens (including phenoxy) is 1. The van der Waals surface area contributed by atoms with Crippen LogP contribution in [-0.4, -0.2) is 29.9 Å². The molecule has 0 bridgehead atoms. The summed E-state index contributed by atoms with van der Waals surface area (Å²) in [5, 5.41) is 12.4. The minimum absolute atomic E-state index is 0.655. The Bertz CT molecular complexity index is 226. The van der Waals surface area contributed by atoms with Gasteiger partial charge >= 0.3 is 0 Å². The maximum absolute atomic E-state index is 5.31. The molecule has 4 nitrogen and oxygen atoms in total. The van der Waals surface area contributed by atoms with Crippen LogP contribution in [-0.2, 0) is 0 Å². The minimum atomic E-state index is 0.655. The second-order valence-electron chi connectivity index (χ2n) is 2.29. The van der Waals surface area contributed by atoms with Crippen molar-refractivity contribution in [1.29, 1.82) is 0 Å². The van der Waals surface area contributed by atoms with E-state index in [1.807, 2.05) is 6.92 Å². The van der Waals surface area contributed by atoms with Crippen LogP contribution in [0.3, 0.4) is 0 Å². The molecule has 1 N–H and O–H groups in total. The standard InChI is InChI=1S/C7H13N3OS/c1-3-8-4-5-11-7-10-9-6(2)12-7/h8H,3-5H2,1-2H3. The molecule has 0 aliphatic carbocycles. The van der Waals surface area contributed by atoms with Crippen LogP contribution in [0, 0.1) is 6.92 Å². The Morgan fingerprint density at radius 1 is 1.50 bits per heavy atom. The van der Waals surface area contributed by atoms with Gasteiger partial charge in [0.2, 0.25) is 0 Å². The maximum Gasteiger partial charge on any atom is 0.294 e. The Kier molecular flexibility index (Phi) is 3.96. The number of likely N-dealkylation sites (N-methyl/N-ethyl adjacent to an activating group) is 1. The summed E-state index contributed by atoms with van der Waals surface area (Å²) in [6.45, 7) is 6.46. The van der Waals surface area contributed by atoms with Crippen molar-refractivity contribution >= 4 is 11.3 Å². The number of aromatic nitrogens is 2. The SMILES string of the molecule is CCNCCOc1nnc(C)s1. The van der Waals surface area contributed by atoms with Gasteiger partial charge in [-0.15, -0.1) is 10.2 Å². The van der Waals surface area contributed by atoms with Gasteiger partial charge < -0.3 is 10.1 Å². The first-order chi connectivity index (χ1) is 5.83. The van der Waals surface area contributed by atoms with Crippen LogP contribution in [0.2, 0.25) is 0 Å². The summed E-state index contributed by atoms with van der Waals surface area (Å²) in [6, 6.07) is 0. The lowest BCUT2D eigenvalue weighted by atomic mass is 10.6. The lowest BCUT2D eigenvalue weighted by molar-refractivity contribution is 0.311. The first-order valence-electron chi connectivity index (χ1n) is 3.96. The fourth-order valence-electron chi connectivity index (χ4n) is 0.724. The monoisotopic (exact) mass is 187 g/mol. The molecule has 5 heteroatoms. The average Bonchev–Trinajstić information content (AvgIpc) is 2.45. The molecule has 0 aliphatic heterocycles. The third-order valence-electron chi connectivity index (χ3n) is 1.26. The minimum Gasteiger partial charge on any atom is -0.468 e. The second-order valence-corrected chi connectivity index (χ2v) is 3.43. The number of nitrogens with one attached hydrogen (secondary N) is 1. The molecule has 0 amide bonds. The zero-order valence-corrected chi connectivity index (χ0v) is 8.15. The van der Waals surface area contributed by atoms with Crippen LogP contribution in [0.25, 0.3) is 0 Å². The van der Waals surface area contributed by atoms with E-state index in [0.29, 0.717) is 11.8 Å². The van der Waals surface area contributed by atoms with E-state index in [4.69, 9.17) is 4.74 Å². The van der Waals surface area contributed by atoms with Crippen LogP contribution in [0.4, 0.5) is 0 Å². The molecule has 1 heterocycles. The summed E-state index contributed by atoms with van der Waals surface area (Å²) < 4.78 is 5.31. The summed E-state index contributed by atoms with van der Waals surface area (Å²) in [5.41, 5.74) is 0. The number of nitrogens with zero attached hydrogens (tertiary/aromatic N) is 2. The van der Waals surface area contributed by atoms with Gasteiger partial charge in [-0.1, -0.05) is 18.3 Å². The predicted molar refractivity (Wildman–Crippen MR) is 48.7 cm³/mol. The lowest BCUT2D eigenvalue weighted by Crippen LogP contribution is -2.20. The van der Waals surface area contributed by atoms with E-state index in [1.54, 1.807) is 0 Å². The Morgan fingerprint density at radius 2 is 2.33 bits per heavy atom. The lowest BCUT2D eigenvalue weighted by Gasteiger charge is -2.00. The van der Waals surface area contributed by atoms with E-state index in [-0.39, 0.29) is 0 Å². The predicted octanol–water partition coefficient (Wildman–Crippen LogP) is 0.835. The van der Waals surface area contributed by atoms with E-state index in [0.717, 1.165) is 18.1 Å².